The summed E-state index contributed by atoms with van der Waals surface area (Å²) >= 11 is 6.12. The molecule has 0 aliphatic rings. The van der Waals surface area contributed by atoms with Gasteiger partial charge in [0.05, 0.1) is 16.6 Å². The molecule has 0 heterocycles. The highest BCUT2D eigenvalue weighted by molar-refractivity contribution is 6.33. The number of carboxylic acids is 2. The molecule has 2 N–H and O–H groups in total. The summed E-state index contributed by atoms with van der Waals surface area (Å²) in [6.45, 7) is 2.36. The average molecular weight is 300 g/mol. The molecule has 0 bridgehead atoms. The van der Waals surface area contributed by atoms with Crippen molar-refractivity contribution < 1.29 is 19.8 Å². The van der Waals surface area contributed by atoms with Gasteiger partial charge in [-0.05, 0) is 18.6 Å². The minimum Gasteiger partial charge on any atom is -0.481 e. The number of nitrogens with zero attached hydrogens (tertiary/aromatic N) is 1. The third kappa shape index (κ3) is 5.09. The van der Waals surface area contributed by atoms with E-state index >= 15 is 0 Å². The fourth-order valence-electron chi connectivity index (χ4n) is 1.85. The largest absolute Gasteiger partial charge is 0.481 e. The summed E-state index contributed by atoms with van der Waals surface area (Å²) in [6, 6.07) is 7.14. The SMILES string of the molecule is CC(CN(CCCC(=O)O)c1ccccc1Cl)C(=O)O. The standard InChI is InChI=1S/C14H18ClNO4/c1-10(14(19)20)9-16(8-4-7-13(17)18)12-6-3-2-5-11(12)15/h2-3,5-6,10H,4,7-9H2,1H3,(H,17,18)(H,19,20). The number of rotatable bonds is 8. The second-order valence-electron chi connectivity index (χ2n) is 4.63. The van der Waals surface area contributed by atoms with Crippen molar-refractivity contribution in [2.45, 2.75) is 19.8 Å². The van der Waals surface area contributed by atoms with E-state index in [4.69, 9.17) is 21.8 Å². The molecular formula is C14H18ClNO4. The molecule has 5 nitrogen and oxygen atoms in total. The molecule has 0 saturated heterocycles. The lowest BCUT2D eigenvalue weighted by Crippen LogP contribution is -2.33. The van der Waals surface area contributed by atoms with E-state index in [0.29, 0.717) is 24.5 Å². The van der Waals surface area contributed by atoms with Gasteiger partial charge in [0.15, 0.2) is 0 Å². The number of carbonyl (C=O) groups is 2. The van der Waals surface area contributed by atoms with Crippen LogP contribution in [0.25, 0.3) is 0 Å². The number of benzene rings is 1. The quantitative estimate of drug-likeness (QED) is 0.771. The van der Waals surface area contributed by atoms with Crippen LogP contribution in [0.15, 0.2) is 24.3 Å². The molecule has 0 fully saturated rings. The van der Waals surface area contributed by atoms with E-state index in [1.165, 1.54) is 0 Å². The number of hydrogen-bond donors (Lipinski definition) is 2. The van der Waals surface area contributed by atoms with Crippen molar-refractivity contribution in [3.05, 3.63) is 29.3 Å². The number of para-hydroxylation sites is 1. The van der Waals surface area contributed by atoms with Crippen LogP contribution < -0.4 is 4.90 Å². The van der Waals surface area contributed by atoms with Crippen LogP contribution in [0.1, 0.15) is 19.8 Å². The highest BCUT2D eigenvalue weighted by Gasteiger charge is 2.18. The lowest BCUT2D eigenvalue weighted by molar-refractivity contribution is -0.141. The maximum absolute atomic E-state index is 11.0. The van der Waals surface area contributed by atoms with Crippen molar-refractivity contribution in [2.75, 3.05) is 18.0 Å². The van der Waals surface area contributed by atoms with Gasteiger partial charge in [-0.15, -0.1) is 0 Å². The summed E-state index contributed by atoms with van der Waals surface area (Å²) in [7, 11) is 0. The normalized spacial score (nSPS) is 11.9. The monoisotopic (exact) mass is 299 g/mol. The van der Waals surface area contributed by atoms with E-state index in [1.807, 2.05) is 11.0 Å². The van der Waals surface area contributed by atoms with Crippen molar-refractivity contribution in [3.63, 3.8) is 0 Å². The van der Waals surface area contributed by atoms with Gasteiger partial charge in [-0.3, -0.25) is 9.59 Å². The van der Waals surface area contributed by atoms with Crippen molar-refractivity contribution >= 4 is 29.2 Å². The van der Waals surface area contributed by atoms with Crippen LogP contribution in [0.3, 0.4) is 0 Å². The van der Waals surface area contributed by atoms with Crippen LogP contribution in [-0.2, 0) is 9.59 Å². The van der Waals surface area contributed by atoms with Gasteiger partial charge in [0.2, 0.25) is 0 Å². The zero-order chi connectivity index (χ0) is 15.1. The molecule has 0 spiro atoms. The van der Waals surface area contributed by atoms with E-state index in [0.717, 1.165) is 5.69 Å². The lowest BCUT2D eigenvalue weighted by Gasteiger charge is -2.27. The molecule has 0 aliphatic carbocycles. The molecule has 0 aliphatic heterocycles. The highest BCUT2D eigenvalue weighted by Crippen LogP contribution is 2.26. The first kappa shape index (κ1) is 16.3. The first-order chi connectivity index (χ1) is 9.41. The zero-order valence-electron chi connectivity index (χ0n) is 11.3. The van der Waals surface area contributed by atoms with Crippen LogP contribution >= 0.6 is 11.6 Å². The van der Waals surface area contributed by atoms with Crippen molar-refractivity contribution in [3.8, 4) is 0 Å². The summed E-state index contributed by atoms with van der Waals surface area (Å²) in [5, 5.41) is 18.2. The fraction of sp³-hybridized carbons (Fsp3) is 0.429. The van der Waals surface area contributed by atoms with Gasteiger partial charge in [0.1, 0.15) is 0 Å². The summed E-state index contributed by atoms with van der Waals surface area (Å²) < 4.78 is 0. The fourth-order valence-corrected chi connectivity index (χ4v) is 2.10. The third-order valence-corrected chi connectivity index (χ3v) is 3.25. The molecule has 1 aromatic carbocycles. The summed E-state index contributed by atoms with van der Waals surface area (Å²) in [6.07, 6.45) is 0.481. The van der Waals surface area contributed by atoms with Gasteiger partial charge in [0.25, 0.3) is 0 Å². The van der Waals surface area contributed by atoms with Gasteiger partial charge in [-0.2, -0.15) is 0 Å². The van der Waals surface area contributed by atoms with Crippen LogP contribution in [0.4, 0.5) is 5.69 Å². The first-order valence-corrected chi connectivity index (χ1v) is 6.73. The van der Waals surface area contributed by atoms with Gasteiger partial charge in [-0.1, -0.05) is 30.7 Å². The Hall–Kier alpha value is -1.75. The minimum absolute atomic E-state index is 0.0441. The Kier molecular flexibility index (Phi) is 6.31. The predicted octanol–water partition coefficient (Wildman–Crippen LogP) is 2.73. The highest BCUT2D eigenvalue weighted by atomic mass is 35.5. The van der Waals surface area contributed by atoms with Crippen molar-refractivity contribution in [1.29, 1.82) is 0 Å². The second kappa shape index (κ2) is 7.75. The van der Waals surface area contributed by atoms with E-state index in [1.54, 1.807) is 25.1 Å². The molecule has 110 valence electrons. The minimum atomic E-state index is -0.889. The number of carboxylic acid groups (broad SMARTS) is 2. The Morgan fingerprint density at radius 1 is 1.30 bits per heavy atom. The van der Waals surface area contributed by atoms with Gasteiger partial charge in [-0.25, -0.2) is 0 Å². The molecule has 1 aromatic rings. The Morgan fingerprint density at radius 2 is 1.95 bits per heavy atom. The van der Waals surface area contributed by atoms with Crippen LogP contribution in [0.5, 0.6) is 0 Å². The molecule has 0 aromatic heterocycles. The number of anilines is 1. The maximum Gasteiger partial charge on any atom is 0.308 e. The van der Waals surface area contributed by atoms with Crippen molar-refractivity contribution in [1.82, 2.24) is 0 Å². The van der Waals surface area contributed by atoms with Crippen LogP contribution in [-0.4, -0.2) is 35.2 Å². The molecule has 20 heavy (non-hydrogen) atoms. The third-order valence-electron chi connectivity index (χ3n) is 2.93. The van der Waals surface area contributed by atoms with E-state index in [9.17, 15) is 9.59 Å². The Labute approximate surface area is 122 Å². The van der Waals surface area contributed by atoms with Crippen LogP contribution in [0.2, 0.25) is 5.02 Å². The molecule has 0 saturated carbocycles. The van der Waals surface area contributed by atoms with E-state index in [-0.39, 0.29) is 6.42 Å². The Balaban J connectivity index is 2.81. The van der Waals surface area contributed by atoms with Crippen molar-refractivity contribution in [2.24, 2.45) is 5.92 Å². The van der Waals surface area contributed by atoms with E-state index < -0.39 is 17.9 Å². The molecule has 1 atom stereocenters. The molecule has 0 amide bonds. The van der Waals surface area contributed by atoms with Gasteiger partial charge < -0.3 is 15.1 Å². The van der Waals surface area contributed by atoms with E-state index in [2.05, 4.69) is 0 Å². The lowest BCUT2D eigenvalue weighted by atomic mass is 10.1. The van der Waals surface area contributed by atoms with Gasteiger partial charge in [0, 0.05) is 19.5 Å². The molecular weight excluding hydrogens is 282 g/mol. The topological polar surface area (TPSA) is 77.8 Å². The molecule has 1 rings (SSSR count). The molecule has 6 heteroatoms. The van der Waals surface area contributed by atoms with Crippen LogP contribution in [0, 0.1) is 5.92 Å². The summed E-state index contributed by atoms with van der Waals surface area (Å²) in [5.41, 5.74) is 0.729. The number of halogens is 1. The Bertz CT molecular complexity index is 478. The average Bonchev–Trinajstić information content (AvgIpc) is 2.37. The Morgan fingerprint density at radius 3 is 2.50 bits per heavy atom. The maximum atomic E-state index is 11.0. The second-order valence-corrected chi connectivity index (χ2v) is 5.04. The molecule has 1 unspecified atom stereocenters. The number of hydrogen-bond acceptors (Lipinski definition) is 3. The first-order valence-electron chi connectivity index (χ1n) is 6.36. The smallest absolute Gasteiger partial charge is 0.308 e. The van der Waals surface area contributed by atoms with Gasteiger partial charge >= 0.3 is 11.9 Å². The summed E-state index contributed by atoms with van der Waals surface area (Å²) in [4.78, 5) is 23.4. The number of aliphatic carboxylic acids is 2. The summed E-state index contributed by atoms with van der Waals surface area (Å²) in [5.74, 6) is -2.31. The zero-order valence-corrected chi connectivity index (χ0v) is 12.0. The predicted molar refractivity (Wildman–Crippen MR) is 77.3 cm³/mol. The molecule has 0 radical (unpaired) electrons.